The number of aromatic nitrogens is 1. The largest absolute Gasteiger partial charge is 0.386 e. The Morgan fingerprint density at radius 1 is 1.09 bits per heavy atom. The fraction of sp³-hybridized carbons (Fsp3) is 0.368. The summed E-state index contributed by atoms with van der Waals surface area (Å²) in [6.45, 7) is 6.41. The molecule has 0 unspecified atom stereocenters. The third kappa shape index (κ3) is 3.49. The molecule has 1 aromatic heterocycles. The highest BCUT2D eigenvalue weighted by Crippen LogP contribution is 2.32. The van der Waals surface area contributed by atoms with Gasteiger partial charge in [-0.3, -0.25) is 0 Å². The molecule has 1 aliphatic heterocycles. The van der Waals surface area contributed by atoms with Gasteiger partial charge in [0.05, 0.1) is 23.7 Å². The summed E-state index contributed by atoms with van der Waals surface area (Å²) in [5, 5.41) is 10.4. The maximum Gasteiger partial charge on any atom is 0.175 e. The molecule has 2 heterocycles. The van der Waals surface area contributed by atoms with Gasteiger partial charge >= 0.3 is 0 Å². The van der Waals surface area contributed by atoms with Crippen molar-refractivity contribution in [1.29, 1.82) is 0 Å². The number of aliphatic hydroxyl groups excluding tert-OH is 1. The van der Waals surface area contributed by atoms with Crippen LogP contribution >= 0.6 is 0 Å². The van der Waals surface area contributed by atoms with E-state index in [1.807, 2.05) is 69.3 Å². The van der Waals surface area contributed by atoms with Gasteiger partial charge in [-0.15, -0.1) is 0 Å². The van der Waals surface area contributed by atoms with Crippen LogP contribution in [-0.4, -0.2) is 22.4 Å². The van der Waals surface area contributed by atoms with Crippen molar-refractivity contribution >= 4 is 5.71 Å². The molecule has 23 heavy (non-hydrogen) atoms. The Morgan fingerprint density at radius 2 is 1.83 bits per heavy atom. The molecule has 120 valence electrons. The molecule has 0 amide bonds. The molecule has 1 aromatic carbocycles. The van der Waals surface area contributed by atoms with Gasteiger partial charge in [0.1, 0.15) is 6.10 Å². The van der Waals surface area contributed by atoms with Gasteiger partial charge in [0.25, 0.3) is 0 Å². The highest BCUT2D eigenvalue weighted by Gasteiger charge is 2.26. The van der Waals surface area contributed by atoms with Crippen LogP contribution in [0.1, 0.15) is 50.1 Å². The molecule has 0 spiro atoms. The van der Waals surface area contributed by atoms with Crippen LogP contribution in [-0.2, 0) is 4.74 Å². The van der Waals surface area contributed by atoms with Gasteiger partial charge in [-0.1, -0.05) is 57.2 Å². The molecular weight excluding hydrogens is 288 g/mol. The minimum Gasteiger partial charge on any atom is -0.386 e. The Labute approximate surface area is 136 Å². The fourth-order valence-electron chi connectivity index (χ4n) is 2.51. The van der Waals surface area contributed by atoms with E-state index in [0.717, 1.165) is 17.0 Å². The molecule has 2 atom stereocenters. The number of aliphatic imine (C=N–C) groups is 1. The van der Waals surface area contributed by atoms with Gasteiger partial charge in [-0.25, -0.2) is 9.98 Å². The van der Waals surface area contributed by atoms with Gasteiger partial charge in [0.15, 0.2) is 6.23 Å². The number of pyridine rings is 1. The number of hydrogen-bond donors (Lipinski definition) is 1. The third-order valence-corrected chi connectivity index (χ3v) is 3.90. The number of aliphatic hydroxyl groups is 1. The number of benzene rings is 1. The van der Waals surface area contributed by atoms with Crippen molar-refractivity contribution in [2.45, 2.75) is 33.1 Å². The van der Waals surface area contributed by atoms with Crippen molar-refractivity contribution in [2.75, 3.05) is 6.61 Å². The Balaban J connectivity index is 1.86. The second-order valence-corrected chi connectivity index (χ2v) is 6.87. The summed E-state index contributed by atoms with van der Waals surface area (Å²) < 4.78 is 5.77. The van der Waals surface area contributed by atoms with Gasteiger partial charge in [0.2, 0.25) is 0 Å². The normalized spacial score (nSPS) is 19.5. The Morgan fingerprint density at radius 3 is 2.52 bits per heavy atom. The molecular formula is C19H22N2O2. The van der Waals surface area contributed by atoms with Crippen molar-refractivity contribution < 1.29 is 9.84 Å². The fourth-order valence-corrected chi connectivity index (χ4v) is 2.51. The lowest BCUT2D eigenvalue weighted by Crippen LogP contribution is -2.20. The Kier molecular flexibility index (Phi) is 4.28. The van der Waals surface area contributed by atoms with Crippen LogP contribution in [0.3, 0.4) is 0 Å². The lowest BCUT2D eigenvalue weighted by molar-refractivity contribution is 0.0589. The van der Waals surface area contributed by atoms with E-state index in [1.165, 1.54) is 0 Å². The quantitative estimate of drug-likeness (QED) is 0.941. The first-order valence-electron chi connectivity index (χ1n) is 7.84. The summed E-state index contributed by atoms with van der Waals surface area (Å²) in [6.07, 6.45) is -0.889. The second-order valence-electron chi connectivity index (χ2n) is 6.87. The van der Waals surface area contributed by atoms with E-state index in [2.05, 4.69) is 9.98 Å². The molecule has 0 radical (unpaired) electrons. The van der Waals surface area contributed by atoms with E-state index in [-0.39, 0.29) is 11.6 Å². The maximum absolute atomic E-state index is 10.4. The topological polar surface area (TPSA) is 54.7 Å². The van der Waals surface area contributed by atoms with Crippen molar-refractivity contribution in [3.8, 4) is 0 Å². The molecule has 0 fully saturated rings. The predicted octanol–water partition coefficient (Wildman–Crippen LogP) is 3.68. The van der Waals surface area contributed by atoms with E-state index >= 15 is 0 Å². The monoisotopic (exact) mass is 310 g/mol. The summed E-state index contributed by atoms with van der Waals surface area (Å²) in [6, 6.07) is 15.6. The van der Waals surface area contributed by atoms with Crippen molar-refractivity contribution in [1.82, 2.24) is 4.98 Å². The first-order valence-corrected chi connectivity index (χ1v) is 7.84. The minimum atomic E-state index is -0.615. The summed E-state index contributed by atoms with van der Waals surface area (Å²) in [5.74, 6) is 0. The van der Waals surface area contributed by atoms with E-state index in [1.54, 1.807) is 0 Å². The number of hydrogen-bond acceptors (Lipinski definition) is 4. The average Bonchev–Trinajstić information content (AvgIpc) is 3.04. The van der Waals surface area contributed by atoms with Gasteiger partial charge in [0, 0.05) is 5.56 Å². The minimum absolute atomic E-state index is 0.258. The van der Waals surface area contributed by atoms with E-state index in [4.69, 9.17) is 4.74 Å². The van der Waals surface area contributed by atoms with E-state index < -0.39 is 6.10 Å². The van der Waals surface area contributed by atoms with Gasteiger partial charge in [-0.2, -0.15) is 0 Å². The molecule has 0 aliphatic carbocycles. The SMILES string of the molecule is CC(C)(C)[C@H](O)c1cccc(C2=N[C@H](c3ccccc3)OC2)n1. The van der Waals surface area contributed by atoms with Gasteiger partial charge in [-0.05, 0) is 17.5 Å². The standard InChI is InChI=1S/C19H22N2O2/c1-19(2,3)17(22)15-11-7-10-14(20-15)16-12-23-18(21-16)13-8-5-4-6-9-13/h4-11,17-18,22H,12H2,1-3H3/t17-,18+/m1/s1. The second kappa shape index (κ2) is 6.22. The van der Waals surface area contributed by atoms with Crippen LogP contribution in [0.5, 0.6) is 0 Å². The van der Waals surface area contributed by atoms with Gasteiger partial charge < -0.3 is 9.84 Å². The molecule has 0 saturated carbocycles. The third-order valence-electron chi connectivity index (χ3n) is 3.90. The van der Waals surface area contributed by atoms with Crippen LogP contribution in [0.25, 0.3) is 0 Å². The van der Waals surface area contributed by atoms with Crippen molar-refractivity contribution in [2.24, 2.45) is 10.4 Å². The molecule has 1 N–H and O–H groups in total. The zero-order valence-electron chi connectivity index (χ0n) is 13.7. The van der Waals surface area contributed by atoms with Crippen LogP contribution < -0.4 is 0 Å². The molecule has 2 aromatic rings. The number of ether oxygens (including phenoxy) is 1. The molecule has 0 bridgehead atoms. The summed E-state index contributed by atoms with van der Waals surface area (Å²) >= 11 is 0. The molecule has 0 saturated heterocycles. The number of rotatable bonds is 3. The van der Waals surface area contributed by atoms with E-state index in [0.29, 0.717) is 12.3 Å². The Bertz CT molecular complexity index is 705. The molecule has 4 nitrogen and oxygen atoms in total. The highest BCUT2D eigenvalue weighted by molar-refractivity contribution is 6.00. The lowest BCUT2D eigenvalue weighted by atomic mass is 9.87. The molecule has 1 aliphatic rings. The summed E-state index contributed by atoms with van der Waals surface area (Å²) in [4.78, 5) is 9.23. The molecule has 3 rings (SSSR count). The predicted molar refractivity (Wildman–Crippen MR) is 90.3 cm³/mol. The van der Waals surface area contributed by atoms with Crippen LogP contribution in [0.2, 0.25) is 0 Å². The summed E-state index contributed by atoms with van der Waals surface area (Å²) in [7, 11) is 0. The smallest absolute Gasteiger partial charge is 0.175 e. The zero-order valence-corrected chi connectivity index (χ0v) is 13.7. The van der Waals surface area contributed by atoms with Crippen LogP contribution in [0, 0.1) is 5.41 Å². The van der Waals surface area contributed by atoms with Crippen molar-refractivity contribution in [3.05, 3.63) is 65.5 Å². The van der Waals surface area contributed by atoms with Crippen LogP contribution in [0.15, 0.2) is 53.5 Å². The van der Waals surface area contributed by atoms with E-state index in [9.17, 15) is 5.11 Å². The maximum atomic E-state index is 10.4. The Hall–Kier alpha value is -2.04. The van der Waals surface area contributed by atoms with Crippen molar-refractivity contribution in [3.63, 3.8) is 0 Å². The van der Waals surface area contributed by atoms with Crippen LogP contribution in [0.4, 0.5) is 0 Å². The average molecular weight is 310 g/mol. The highest BCUT2D eigenvalue weighted by atomic mass is 16.5. The number of nitrogens with zero attached hydrogens (tertiary/aromatic N) is 2. The zero-order chi connectivity index (χ0) is 16.4. The first kappa shape index (κ1) is 15.8. The lowest BCUT2D eigenvalue weighted by Gasteiger charge is -2.25. The summed E-state index contributed by atoms with van der Waals surface area (Å²) in [5.41, 5.74) is 3.03. The molecule has 4 heteroatoms. The first-order chi connectivity index (χ1) is 10.9.